The molecule has 0 saturated carbocycles. The van der Waals surface area contributed by atoms with Crippen molar-refractivity contribution in [2.24, 2.45) is 0 Å². The van der Waals surface area contributed by atoms with Gasteiger partial charge in [0.25, 0.3) is 0 Å². The van der Waals surface area contributed by atoms with Crippen LogP contribution < -0.4 is 0 Å². The van der Waals surface area contributed by atoms with Gasteiger partial charge in [-0.15, -0.1) is 0 Å². The van der Waals surface area contributed by atoms with Gasteiger partial charge in [0.15, 0.2) is 0 Å². The summed E-state index contributed by atoms with van der Waals surface area (Å²) >= 11 is 17.7. The molecule has 126 valence electrons. The standard InChI is InChI=1S/3C4H2N2S2.Co/c3*5-1-3(2-6)4(7)8;/h3*7-8H;/q;;;+3/p+6. The van der Waals surface area contributed by atoms with E-state index >= 15 is 0 Å². The third-order valence-electron chi connectivity index (χ3n) is 1.42. The summed E-state index contributed by atoms with van der Waals surface area (Å²) in [6.07, 6.45) is 0. The summed E-state index contributed by atoms with van der Waals surface area (Å²) in [6.45, 7) is 0. The molecule has 25 heavy (non-hydrogen) atoms. The van der Waals surface area contributed by atoms with Crippen molar-refractivity contribution in [2.45, 2.75) is 0 Å². The molecule has 0 radical (unpaired) electrons. The van der Waals surface area contributed by atoms with E-state index in [2.05, 4.69) is 75.8 Å². The maximum Gasteiger partial charge on any atom is 3.00 e. The van der Waals surface area contributed by atoms with E-state index in [1.165, 1.54) is 0 Å². The number of hydrogen-bond donors (Lipinski definition) is 0. The Morgan fingerprint density at radius 1 is 0.400 bits per heavy atom. The molecule has 0 aliphatic carbocycles. The first-order valence-electron chi connectivity index (χ1n) is 5.09. The van der Waals surface area contributed by atoms with Gasteiger partial charge in [-0.1, -0.05) is 0 Å². The summed E-state index contributed by atoms with van der Waals surface area (Å²) in [5.74, 6) is 0. The maximum absolute atomic E-state index is 8.10. The van der Waals surface area contributed by atoms with Crippen molar-refractivity contribution in [2.75, 3.05) is 0 Å². The Morgan fingerprint density at radius 3 is 0.520 bits per heavy atom. The quantitative estimate of drug-likeness (QED) is 0.278. The fourth-order valence-electron chi connectivity index (χ4n) is 0.410. The third-order valence-corrected chi connectivity index (χ3v) is 2.92. The molecule has 0 amide bonds. The van der Waals surface area contributed by atoms with E-state index in [9.17, 15) is 0 Å². The average molecular weight is 492 g/mol. The first-order valence-corrected chi connectivity index (χ1v) is 8.09. The van der Waals surface area contributed by atoms with E-state index in [4.69, 9.17) is 31.6 Å². The third kappa shape index (κ3) is 18.9. The smallest absolute Gasteiger partial charge is 0.191 e. The Balaban J connectivity index is -0.000000130. The van der Waals surface area contributed by atoms with E-state index in [0.29, 0.717) is 12.7 Å². The van der Waals surface area contributed by atoms with Gasteiger partial charge in [0.1, 0.15) is 36.4 Å². The molecule has 0 aromatic carbocycles. The fourth-order valence-corrected chi connectivity index (χ4v) is 1.08. The van der Waals surface area contributed by atoms with Crippen LogP contribution in [-0.4, -0.2) is 0 Å². The average Bonchev–Trinajstić information content (AvgIpc) is 2.51. The molecule has 0 N–H and O–H groups in total. The Bertz CT molecular complexity index is 635. The Labute approximate surface area is 188 Å². The van der Waals surface area contributed by atoms with Crippen LogP contribution in [-0.2, 0) is 92.6 Å². The Hall–Kier alpha value is -1.23. The number of allylic oxidation sites excluding steroid dienone is 3. The molecule has 0 aliphatic rings. The van der Waals surface area contributed by atoms with Gasteiger partial charge in [-0.05, 0) is 0 Å². The molecule has 13 heteroatoms. The molecule has 0 aromatic heterocycles. The van der Waals surface area contributed by atoms with Crippen LogP contribution in [0.4, 0.5) is 0 Å². The van der Waals surface area contributed by atoms with Crippen LogP contribution in [0.5, 0.6) is 0 Å². The van der Waals surface area contributed by atoms with E-state index in [0.717, 1.165) is 0 Å². The molecule has 0 heterocycles. The summed E-state index contributed by atoms with van der Waals surface area (Å²) < 4.78 is 1.15. The first kappa shape index (κ1) is 31.5. The zero-order valence-corrected chi connectivity index (χ0v) is 19.1. The van der Waals surface area contributed by atoms with Gasteiger partial charge in [0.05, 0.1) is 0 Å². The fraction of sp³-hybridized carbons (Fsp3) is 0. The van der Waals surface area contributed by atoms with Crippen LogP contribution in [0.15, 0.2) is 29.4 Å². The molecular weight excluding hydrogens is 480 g/mol. The predicted molar refractivity (Wildman–Crippen MR) is 116 cm³/mol. The Morgan fingerprint density at radius 2 is 0.520 bits per heavy atom. The molecule has 0 unspecified atom stereocenters. The molecule has 0 atom stereocenters. The summed E-state index contributed by atoms with van der Waals surface area (Å²) in [6, 6.07) is 10.0. The minimum atomic E-state index is 0. The second-order valence-electron chi connectivity index (χ2n) is 2.92. The van der Waals surface area contributed by atoms with Crippen LogP contribution in [0.2, 0.25) is 0 Å². The van der Waals surface area contributed by atoms with E-state index in [1.807, 2.05) is 0 Å². The van der Waals surface area contributed by atoms with Crippen LogP contribution in [0.25, 0.3) is 0 Å². The van der Waals surface area contributed by atoms with E-state index in [1.54, 1.807) is 36.4 Å². The summed E-state index contributed by atoms with van der Waals surface area (Å²) in [4.78, 5) is 0. The second kappa shape index (κ2) is 20.8. The van der Waals surface area contributed by atoms with Gasteiger partial charge in [-0.25, -0.2) is 0 Å². The number of nitriles is 6. The van der Waals surface area contributed by atoms with Crippen LogP contribution in [0.3, 0.4) is 0 Å². The molecule has 0 aromatic rings. The van der Waals surface area contributed by atoms with Crippen molar-refractivity contribution in [3.05, 3.63) is 29.4 Å². The monoisotopic (exact) mass is 491 g/mol. The zero-order valence-electron chi connectivity index (χ0n) is 12.0. The number of nitrogens with zero attached hydrogens (tertiary/aromatic N) is 6. The first-order chi connectivity index (χ1) is 11.2. The van der Waals surface area contributed by atoms with Gasteiger partial charge >= 0.3 is 29.5 Å². The molecule has 0 rings (SSSR count). The molecular formula is C12H12CoN6S6+9. The molecule has 6 nitrogen and oxygen atoms in total. The van der Waals surface area contributed by atoms with Gasteiger partial charge in [-0.2, -0.15) is 31.6 Å². The molecule has 0 bridgehead atoms. The van der Waals surface area contributed by atoms with Gasteiger partial charge in [0.2, 0.25) is 16.7 Å². The van der Waals surface area contributed by atoms with Gasteiger partial charge in [-0.3, -0.25) is 0 Å². The normalized spacial score (nSPS) is 6.24. The van der Waals surface area contributed by atoms with Crippen molar-refractivity contribution in [1.29, 1.82) is 31.6 Å². The topological polar surface area (TPSA) is 143 Å². The zero-order chi connectivity index (χ0) is 19.7. The van der Waals surface area contributed by atoms with Crippen molar-refractivity contribution < 1.29 is 16.8 Å². The van der Waals surface area contributed by atoms with Crippen molar-refractivity contribution in [3.63, 3.8) is 0 Å². The maximum atomic E-state index is 8.10. The molecule has 0 fully saturated rings. The van der Waals surface area contributed by atoms with E-state index < -0.39 is 0 Å². The largest absolute Gasteiger partial charge is 3.00 e. The summed E-state index contributed by atoms with van der Waals surface area (Å²) in [5, 5.41) is 48.6. The second-order valence-corrected chi connectivity index (χ2v) is 7.42. The molecule has 0 aliphatic heterocycles. The minimum absolute atomic E-state index is 0. The van der Waals surface area contributed by atoms with Crippen LogP contribution in [0, 0.1) is 68.0 Å². The van der Waals surface area contributed by atoms with Gasteiger partial charge < -0.3 is 0 Å². The van der Waals surface area contributed by atoms with Crippen molar-refractivity contribution in [3.8, 4) is 36.4 Å². The number of rotatable bonds is 0. The SMILES string of the molecule is N#CC(C#N)=C([SH2+])[SH2+].N#CC(C#N)=C([SH2+])[SH2+].N#CC(C#N)=C([SH2+])[SH2+].[Co+3]. The summed E-state index contributed by atoms with van der Waals surface area (Å²) in [7, 11) is 0. The van der Waals surface area contributed by atoms with Crippen LogP contribution in [0.1, 0.15) is 0 Å². The molecule has 0 saturated heterocycles. The summed E-state index contributed by atoms with van der Waals surface area (Å²) in [5.41, 5.74) is 0.120. The van der Waals surface area contributed by atoms with Gasteiger partial charge in [0, 0.05) is 75.8 Å². The van der Waals surface area contributed by atoms with E-state index in [-0.39, 0.29) is 33.5 Å². The van der Waals surface area contributed by atoms with Crippen molar-refractivity contribution in [1.82, 2.24) is 0 Å². The van der Waals surface area contributed by atoms with Crippen LogP contribution >= 0.6 is 0 Å². The van der Waals surface area contributed by atoms with Crippen molar-refractivity contribution >= 4 is 75.8 Å². The number of hydrogen-bond acceptors (Lipinski definition) is 6. The predicted octanol–water partition coefficient (Wildman–Crippen LogP) is -2.20. The molecule has 0 spiro atoms. The Kier molecular flexibility index (Phi) is 26.2. The minimum Gasteiger partial charge on any atom is -0.191 e.